The van der Waals surface area contributed by atoms with Crippen LogP contribution in [0.5, 0.6) is 11.5 Å². The van der Waals surface area contributed by atoms with Crippen LogP contribution in [0, 0.1) is 14.9 Å². The van der Waals surface area contributed by atoms with Crippen LogP contribution in [0.4, 0.5) is 0 Å². The van der Waals surface area contributed by atoms with Crippen LogP contribution in [0.2, 0.25) is 0 Å². The van der Waals surface area contributed by atoms with Crippen molar-refractivity contribution in [2.75, 3.05) is 28.4 Å². The van der Waals surface area contributed by atoms with Crippen LogP contribution < -0.4 is 0 Å². The minimum atomic E-state index is -0.144. The van der Waals surface area contributed by atoms with Crippen molar-refractivity contribution in [2.45, 2.75) is 38.5 Å². The molecule has 3 aromatic rings. The monoisotopic (exact) mass is 600 g/mol. The smallest absolute Gasteiger partial charge is 0.115 e. The first kappa shape index (κ1) is 49.5. The Kier molecular flexibility index (Phi) is 33.6. The third-order valence-electron chi connectivity index (χ3n) is 5.51. The van der Waals surface area contributed by atoms with E-state index in [4.69, 9.17) is 20.4 Å². The number of hydrogen-bond donors (Lipinski definition) is 6. The van der Waals surface area contributed by atoms with E-state index in [1.807, 2.05) is 24.3 Å². The van der Waals surface area contributed by atoms with Crippen molar-refractivity contribution in [1.29, 1.82) is 0 Å². The number of hydrogen-bond acceptors (Lipinski definition) is 6. The third-order valence-corrected chi connectivity index (χ3v) is 5.51. The zero-order valence-corrected chi connectivity index (χ0v) is 27.7. The second kappa shape index (κ2) is 25.8. The van der Waals surface area contributed by atoms with Gasteiger partial charge in [0.25, 0.3) is 0 Å². The standard InChI is InChI=1S/C24H26O2.4CH4O.2CH3.2Ti/c1-23(2,19-9-13-21(25)14-10-19)17-5-7-18(8-6-17)24(3,4)20-11-15-22(26)16-12-20;4*1-2;;;;/h5-16,25-26H,1-4H3;4*2H,1H3;2*1H3;;/q;;;;;2*-1;;. The number of aliphatic hydroxyl groups excluding tert-OH is 4. The van der Waals surface area contributed by atoms with E-state index in [2.05, 4.69) is 52.0 Å². The molecule has 0 atom stereocenters. The molecule has 0 amide bonds. The van der Waals surface area contributed by atoms with Gasteiger partial charge in [-0.1, -0.05) is 76.2 Å². The maximum Gasteiger partial charge on any atom is 0.115 e. The molecular formula is C30H48O6Ti2-2. The number of benzene rings is 3. The zero-order valence-electron chi connectivity index (χ0n) is 24.6. The van der Waals surface area contributed by atoms with Crippen LogP contribution in [0.1, 0.15) is 49.9 Å². The van der Waals surface area contributed by atoms with Gasteiger partial charge in [-0.15, -0.1) is 0 Å². The first-order valence-electron chi connectivity index (χ1n) is 10.7. The molecule has 0 saturated carbocycles. The molecule has 0 radical (unpaired) electrons. The first-order chi connectivity index (χ1) is 16.2. The Morgan fingerprint density at radius 2 is 0.500 bits per heavy atom. The average molecular weight is 600 g/mol. The van der Waals surface area contributed by atoms with Gasteiger partial charge in [0.2, 0.25) is 0 Å². The van der Waals surface area contributed by atoms with Gasteiger partial charge < -0.3 is 45.5 Å². The Morgan fingerprint density at radius 3 is 0.658 bits per heavy atom. The summed E-state index contributed by atoms with van der Waals surface area (Å²) in [7, 11) is 4.00. The quantitative estimate of drug-likeness (QED) is 0.184. The molecular weight excluding hydrogens is 552 g/mol. The fourth-order valence-electron chi connectivity index (χ4n) is 3.39. The van der Waals surface area contributed by atoms with E-state index >= 15 is 0 Å². The van der Waals surface area contributed by atoms with Crippen molar-refractivity contribution in [3.8, 4) is 11.5 Å². The summed E-state index contributed by atoms with van der Waals surface area (Å²) in [6.45, 7) is 8.78. The molecule has 8 heteroatoms. The summed E-state index contributed by atoms with van der Waals surface area (Å²) in [4.78, 5) is 0. The van der Waals surface area contributed by atoms with Crippen LogP contribution in [0.3, 0.4) is 0 Å². The van der Waals surface area contributed by atoms with Crippen molar-refractivity contribution in [1.82, 2.24) is 0 Å². The van der Waals surface area contributed by atoms with Crippen LogP contribution in [0.15, 0.2) is 72.8 Å². The predicted octanol–water partition coefficient (Wildman–Crippen LogP) is 5.08. The summed E-state index contributed by atoms with van der Waals surface area (Å²) in [5.74, 6) is 0.575. The van der Waals surface area contributed by atoms with Crippen LogP contribution in [-0.4, -0.2) is 59.1 Å². The molecule has 0 aliphatic rings. The van der Waals surface area contributed by atoms with E-state index in [9.17, 15) is 10.2 Å². The Hall–Kier alpha value is -1.47. The maximum atomic E-state index is 9.53. The fraction of sp³-hybridized carbons (Fsp3) is 0.333. The van der Waals surface area contributed by atoms with Crippen LogP contribution in [-0.2, 0) is 54.3 Å². The topological polar surface area (TPSA) is 121 Å². The number of phenolic OH excluding ortho intramolecular Hbond substituents is 2. The molecule has 0 unspecified atom stereocenters. The molecule has 0 aliphatic carbocycles. The predicted molar refractivity (Wildman–Crippen MR) is 152 cm³/mol. The van der Waals surface area contributed by atoms with Crippen molar-refractivity contribution in [2.24, 2.45) is 0 Å². The maximum absolute atomic E-state index is 9.53. The molecule has 0 bridgehead atoms. The third kappa shape index (κ3) is 14.1. The summed E-state index contributed by atoms with van der Waals surface area (Å²) in [6, 6.07) is 23.6. The van der Waals surface area contributed by atoms with Gasteiger partial charge in [0.1, 0.15) is 11.5 Å². The Morgan fingerprint density at radius 1 is 0.368 bits per heavy atom. The summed E-state index contributed by atoms with van der Waals surface area (Å²) in [5, 5.41) is 47.1. The molecule has 0 spiro atoms. The summed E-state index contributed by atoms with van der Waals surface area (Å²) < 4.78 is 0. The van der Waals surface area contributed by atoms with E-state index in [0.29, 0.717) is 0 Å². The summed E-state index contributed by atoms with van der Waals surface area (Å²) in [5.41, 5.74) is 4.51. The average Bonchev–Trinajstić information content (AvgIpc) is 2.89. The van der Waals surface area contributed by atoms with Gasteiger partial charge in [-0.3, -0.25) is 0 Å². The van der Waals surface area contributed by atoms with Crippen LogP contribution in [0.25, 0.3) is 0 Å². The van der Waals surface area contributed by atoms with E-state index in [1.54, 1.807) is 24.3 Å². The van der Waals surface area contributed by atoms with Crippen molar-refractivity contribution in [3.05, 3.63) is 110 Å². The molecule has 3 aromatic carbocycles. The second-order valence-electron chi connectivity index (χ2n) is 7.92. The molecule has 0 fully saturated rings. The largest absolute Gasteiger partial charge is 0.508 e. The van der Waals surface area contributed by atoms with Gasteiger partial charge in [-0.2, -0.15) is 0 Å². The van der Waals surface area contributed by atoms with E-state index in [-0.39, 0.29) is 80.6 Å². The molecule has 0 saturated heterocycles. The van der Waals surface area contributed by atoms with Gasteiger partial charge in [0, 0.05) is 82.7 Å². The van der Waals surface area contributed by atoms with Crippen molar-refractivity contribution < 1.29 is 74.1 Å². The van der Waals surface area contributed by atoms with Gasteiger partial charge in [-0.05, 0) is 46.5 Å². The normalized spacial score (nSPS) is 8.95. The molecule has 3 rings (SSSR count). The van der Waals surface area contributed by atoms with Gasteiger partial charge in [0.05, 0.1) is 0 Å². The summed E-state index contributed by atoms with van der Waals surface area (Å²) in [6.07, 6.45) is 0. The SMILES string of the molecule is CC(C)(c1ccc(O)cc1)c1ccc(C(C)(C)c2ccc(O)cc2)cc1.CO.CO.CO.CO.[CH3-].[CH3-].[Ti].[Ti]. The molecule has 0 aromatic heterocycles. The molecule has 0 aliphatic heterocycles. The van der Waals surface area contributed by atoms with Gasteiger partial charge >= 0.3 is 0 Å². The number of phenols is 2. The minimum Gasteiger partial charge on any atom is -0.508 e. The minimum absolute atomic E-state index is 0. The molecule has 6 nitrogen and oxygen atoms in total. The van der Waals surface area contributed by atoms with Crippen LogP contribution >= 0.6 is 0 Å². The molecule has 6 N–H and O–H groups in total. The van der Waals surface area contributed by atoms with E-state index < -0.39 is 0 Å². The number of rotatable bonds is 4. The molecule has 38 heavy (non-hydrogen) atoms. The fourth-order valence-corrected chi connectivity index (χ4v) is 3.39. The number of aliphatic hydroxyl groups is 4. The molecule has 0 heterocycles. The Labute approximate surface area is 261 Å². The summed E-state index contributed by atoms with van der Waals surface area (Å²) >= 11 is 0. The molecule has 214 valence electrons. The van der Waals surface area contributed by atoms with Crippen molar-refractivity contribution in [3.63, 3.8) is 0 Å². The van der Waals surface area contributed by atoms with Crippen molar-refractivity contribution >= 4 is 0 Å². The Bertz CT molecular complexity index is 819. The Balaban J connectivity index is -0.000000196. The second-order valence-corrected chi connectivity index (χ2v) is 7.92. The van der Waals surface area contributed by atoms with E-state index in [1.165, 1.54) is 22.3 Å². The van der Waals surface area contributed by atoms with Gasteiger partial charge in [0.15, 0.2) is 0 Å². The van der Waals surface area contributed by atoms with Gasteiger partial charge in [-0.25, -0.2) is 0 Å². The zero-order chi connectivity index (χ0) is 26.9. The first-order valence-corrected chi connectivity index (χ1v) is 10.7. The number of aromatic hydroxyl groups is 2. The van der Waals surface area contributed by atoms with E-state index in [0.717, 1.165) is 28.4 Å².